The van der Waals surface area contributed by atoms with Crippen LogP contribution in [-0.4, -0.2) is 32.9 Å². The standard InChI is InChI=1S/C31H31N7O2S2/c1-3-4-6-24-23(7-5-8-28(24)42(32,39)40)26-13-14-27(41-26)29-25-15-16-34-30(25)37-31(36-29)35-22-11-9-21(10-12-22)19-38-18-17-33-20(38)2/h5,7-18H,3-4,6,19H2,1-2H3,(H2,32,39,40)(H2,34,35,36,37). The number of benzene rings is 2. The van der Waals surface area contributed by atoms with Crippen molar-refractivity contribution in [2.75, 3.05) is 5.32 Å². The number of aromatic amines is 1. The van der Waals surface area contributed by atoms with Crippen LogP contribution in [0.2, 0.25) is 0 Å². The van der Waals surface area contributed by atoms with Gasteiger partial charge in [-0.25, -0.2) is 23.5 Å². The molecule has 0 bridgehead atoms. The van der Waals surface area contributed by atoms with E-state index in [9.17, 15) is 8.42 Å². The molecule has 214 valence electrons. The molecule has 6 rings (SSSR count). The van der Waals surface area contributed by atoms with Crippen molar-refractivity contribution < 1.29 is 8.42 Å². The molecule has 4 N–H and O–H groups in total. The fraction of sp³-hybridized carbons (Fsp3) is 0.194. The molecule has 0 unspecified atom stereocenters. The van der Waals surface area contributed by atoms with Crippen LogP contribution in [0.1, 0.15) is 36.7 Å². The number of thiophene rings is 1. The third kappa shape index (κ3) is 5.71. The number of aryl methyl sites for hydroxylation is 1. The average molecular weight is 598 g/mol. The number of H-pyrrole nitrogens is 1. The predicted octanol–water partition coefficient (Wildman–Crippen LogP) is 6.64. The Morgan fingerprint density at radius 3 is 2.57 bits per heavy atom. The number of imidazole rings is 1. The zero-order valence-electron chi connectivity index (χ0n) is 23.3. The lowest BCUT2D eigenvalue weighted by atomic mass is 10.0. The van der Waals surface area contributed by atoms with Crippen molar-refractivity contribution in [3.63, 3.8) is 0 Å². The molecule has 0 spiro atoms. The summed E-state index contributed by atoms with van der Waals surface area (Å²) in [4.78, 5) is 19.2. The SMILES string of the molecule is CCCCc1c(-c2ccc(-c3nc(Nc4ccc(Cn5ccnc5C)cc4)nc4[nH]ccc34)s2)cccc1S(N)(=O)=O. The maximum Gasteiger partial charge on any atom is 0.238 e. The van der Waals surface area contributed by atoms with E-state index >= 15 is 0 Å². The second-order valence-electron chi connectivity index (χ2n) is 10.2. The van der Waals surface area contributed by atoms with Crippen LogP contribution in [0, 0.1) is 6.92 Å². The molecule has 42 heavy (non-hydrogen) atoms. The van der Waals surface area contributed by atoms with Crippen LogP contribution in [-0.2, 0) is 23.0 Å². The predicted molar refractivity (Wildman–Crippen MR) is 168 cm³/mol. The van der Waals surface area contributed by atoms with E-state index in [1.54, 1.807) is 29.7 Å². The van der Waals surface area contributed by atoms with E-state index in [1.165, 1.54) is 5.56 Å². The van der Waals surface area contributed by atoms with Crippen LogP contribution >= 0.6 is 11.3 Å². The highest BCUT2D eigenvalue weighted by Gasteiger charge is 2.20. The summed E-state index contributed by atoms with van der Waals surface area (Å²) in [7, 11) is -3.85. The number of hydrogen-bond acceptors (Lipinski definition) is 7. The lowest BCUT2D eigenvalue weighted by Gasteiger charge is -2.12. The van der Waals surface area contributed by atoms with Crippen LogP contribution < -0.4 is 10.5 Å². The van der Waals surface area contributed by atoms with Gasteiger partial charge in [0.25, 0.3) is 0 Å². The number of hydrogen-bond donors (Lipinski definition) is 3. The summed E-state index contributed by atoms with van der Waals surface area (Å²) in [6, 6.07) is 19.5. The molecule has 0 aliphatic heterocycles. The fourth-order valence-electron chi connectivity index (χ4n) is 5.06. The summed E-state index contributed by atoms with van der Waals surface area (Å²) in [5.74, 6) is 1.45. The number of nitrogens with one attached hydrogen (secondary N) is 2. The lowest BCUT2D eigenvalue weighted by Crippen LogP contribution is -2.15. The highest BCUT2D eigenvalue weighted by molar-refractivity contribution is 7.89. The topological polar surface area (TPSA) is 132 Å². The minimum Gasteiger partial charge on any atom is -0.346 e. The van der Waals surface area contributed by atoms with Crippen molar-refractivity contribution in [3.8, 4) is 21.0 Å². The number of rotatable bonds is 10. The average Bonchev–Trinajstić information content (AvgIpc) is 3.74. The van der Waals surface area contributed by atoms with Gasteiger partial charge in [0.2, 0.25) is 16.0 Å². The van der Waals surface area contributed by atoms with Gasteiger partial charge in [0.15, 0.2) is 0 Å². The number of nitrogens with two attached hydrogens (primary N) is 1. The summed E-state index contributed by atoms with van der Waals surface area (Å²) < 4.78 is 26.9. The number of anilines is 2. The molecule has 0 aliphatic rings. The number of unbranched alkanes of at least 4 members (excludes halogenated alkanes) is 1. The van der Waals surface area contributed by atoms with E-state index < -0.39 is 10.0 Å². The summed E-state index contributed by atoms with van der Waals surface area (Å²) in [6.45, 7) is 4.83. The first-order chi connectivity index (χ1) is 20.3. The highest BCUT2D eigenvalue weighted by Crippen LogP contribution is 2.39. The Hall–Kier alpha value is -4.32. The van der Waals surface area contributed by atoms with Crippen LogP contribution in [0.5, 0.6) is 0 Å². The van der Waals surface area contributed by atoms with Gasteiger partial charge >= 0.3 is 0 Å². The molecular formula is C31H31N7O2S2. The van der Waals surface area contributed by atoms with Crippen molar-refractivity contribution in [3.05, 3.63) is 96.2 Å². The summed E-state index contributed by atoms with van der Waals surface area (Å²) in [5.41, 5.74) is 5.22. The molecule has 11 heteroatoms. The fourth-order valence-corrected chi connectivity index (χ4v) is 6.95. The largest absolute Gasteiger partial charge is 0.346 e. The maximum absolute atomic E-state index is 12.4. The van der Waals surface area contributed by atoms with Gasteiger partial charge < -0.3 is 14.9 Å². The van der Waals surface area contributed by atoms with Gasteiger partial charge in [-0.15, -0.1) is 11.3 Å². The second kappa shape index (κ2) is 11.5. The molecule has 4 aromatic heterocycles. The minimum atomic E-state index is -3.85. The molecule has 0 atom stereocenters. The third-order valence-corrected chi connectivity index (χ3v) is 9.35. The van der Waals surface area contributed by atoms with Gasteiger partial charge in [0.05, 0.1) is 15.5 Å². The quantitative estimate of drug-likeness (QED) is 0.162. The molecule has 0 amide bonds. The minimum absolute atomic E-state index is 0.191. The summed E-state index contributed by atoms with van der Waals surface area (Å²) in [5, 5.41) is 9.85. The van der Waals surface area contributed by atoms with Gasteiger partial charge in [0, 0.05) is 41.1 Å². The van der Waals surface area contributed by atoms with Gasteiger partial charge in [-0.2, -0.15) is 4.98 Å². The van der Waals surface area contributed by atoms with Crippen molar-refractivity contribution in [2.45, 2.75) is 44.6 Å². The normalized spacial score (nSPS) is 11.8. The van der Waals surface area contributed by atoms with Crippen LogP contribution in [0.25, 0.3) is 32.0 Å². The zero-order chi connectivity index (χ0) is 29.3. The van der Waals surface area contributed by atoms with Gasteiger partial charge in [-0.05, 0) is 72.9 Å². The summed E-state index contributed by atoms with van der Waals surface area (Å²) in [6.07, 6.45) is 8.08. The van der Waals surface area contributed by atoms with Gasteiger partial charge in [-0.3, -0.25) is 0 Å². The van der Waals surface area contributed by atoms with E-state index in [4.69, 9.17) is 15.1 Å². The Bertz CT molecular complexity index is 1970. The molecule has 0 radical (unpaired) electrons. The first-order valence-electron chi connectivity index (χ1n) is 13.7. The Morgan fingerprint density at radius 1 is 1.02 bits per heavy atom. The monoisotopic (exact) mass is 597 g/mol. The number of aromatic nitrogens is 5. The third-order valence-electron chi connectivity index (χ3n) is 7.23. The van der Waals surface area contributed by atoms with Crippen molar-refractivity contribution in [1.29, 1.82) is 0 Å². The Balaban J connectivity index is 1.32. The van der Waals surface area contributed by atoms with E-state index in [1.807, 2.05) is 55.7 Å². The molecular weight excluding hydrogens is 567 g/mol. The first-order valence-corrected chi connectivity index (χ1v) is 16.1. The molecule has 0 saturated heterocycles. The van der Waals surface area contributed by atoms with Gasteiger partial charge in [0.1, 0.15) is 11.5 Å². The van der Waals surface area contributed by atoms with Crippen molar-refractivity contribution in [2.24, 2.45) is 5.14 Å². The molecule has 9 nitrogen and oxygen atoms in total. The first kappa shape index (κ1) is 27.8. The van der Waals surface area contributed by atoms with Crippen LogP contribution in [0.4, 0.5) is 11.6 Å². The Morgan fingerprint density at radius 2 is 1.83 bits per heavy atom. The Labute approximate surface area is 248 Å². The van der Waals surface area contributed by atoms with E-state index in [0.717, 1.165) is 68.5 Å². The highest BCUT2D eigenvalue weighted by atomic mass is 32.2. The molecule has 0 fully saturated rings. The molecule has 2 aromatic carbocycles. The van der Waals surface area contributed by atoms with Crippen molar-refractivity contribution in [1.82, 2.24) is 24.5 Å². The maximum atomic E-state index is 12.4. The molecule has 0 aliphatic carbocycles. The number of sulfonamides is 1. The van der Waals surface area contributed by atoms with Crippen LogP contribution in [0.15, 0.2) is 84.1 Å². The summed E-state index contributed by atoms with van der Waals surface area (Å²) >= 11 is 1.57. The van der Waals surface area contributed by atoms with Crippen LogP contribution in [0.3, 0.4) is 0 Å². The molecule has 0 saturated carbocycles. The van der Waals surface area contributed by atoms with E-state index in [0.29, 0.717) is 12.4 Å². The van der Waals surface area contributed by atoms with E-state index in [2.05, 4.69) is 38.9 Å². The second-order valence-corrected chi connectivity index (χ2v) is 12.8. The Kier molecular flexibility index (Phi) is 7.63. The van der Waals surface area contributed by atoms with Crippen molar-refractivity contribution >= 4 is 44.0 Å². The smallest absolute Gasteiger partial charge is 0.238 e. The zero-order valence-corrected chi connectivity index (χ0v) is 25.0. The molecule has 4 heterocycles. The number of nitrogens with zero attached hydrogens (tertiary/aromatic N) is 4. The lowest BCUT2D eigenvalue weighted by molar-refractivity contribution is 0.596. The van der Waals surface area contributed by atoms with Gasteiger partial charge in [-0.1, -0.05) is 37.6 Å². The number of fused-ring (bicyclic) bond motifs is 1. The molecule has 6 aromatic rings. The van der Waals surface area contributed by atoms with E-state index in [-0.39, 0.29) is 4.90 Å². The number of primary sulfonamides is 1.